The second-order valence-corrected chi connectivity index (χ2v) is 7.15. The molecule has 1 fully saturated rings. The van der Waals surface area contributed by atoms with Gasteiger partial charge in [0.05, 0.1) is 16.4 Å². The van der Waals surface area contributed by atoms with Crippen LogP contribution in [0.3, 0.4) is 0 Å². The van der Waals surface area contributed by atoms with E-state index in [0.29, 0.717) is 18.5 Å². The molecule has 0 aliphatic carbocycles. The van der Waals surface area contributed by atoms with Crippen molar-refractivity contribution in [3.8, 4) is 0 Å². The van der Waals surface area contributed by atoms with Crippen LogP contribution >= 0.6 is 0 Å². The second-order valence-electron chi connectivity index (χ2n) is 4.85. The van der Waals surface area contributed by atoms with Gasteiger partial charge in [-0.25, -0.2) is 8.42 Å². The molecule has 0 spiro atoms. The number of benzene rings is 1. The molecule has 1 aliphatic heterocycles. The lowest BCUT2D eigenvalue weighted by Gasteiger charge is -2.24. The van der Waals surface area contributed by atoms with Crippen molar-refractivity contribution >= 4 is 21.2 Å². The molecule has 6 nitrogen and oxygen atoms in total. The molecular formula is C12H16N2O4S. The summed E-state index contributed by atoms with van der Waals surface area (Å²) in [5, 5.41) is 14.1. The second kappa shape index (κ2) is 5.16. The number of nitrogens with one attached hydrogen (secondary N) is 1. The Morgan fingerprint density at radius 1 is 1.32 bits per heavy atom. The maximum absolute atomic E-state index is 11.3. The summed E-state index contributed by atoms with van der Waals surface area (Å²) in [4.78, 5) is 10.5. The largest absolute Gasteiger partial charge is 0.377 e. The van der Waals surface area contributed by atoms with Crippen molar-refractivity contribution in [1.29, 1.82) is 0 Å². The van der Waals surface area contributed by atoms with Crippen LogP contribution in [0.15, 0.2) is 18.2 Å². The fourth-order valence-corrected chi connectivity index (χ4v) is 3.67. The van der Waals surface area contributed by atoms with E-state index >= 15 is 0 Å². The number of nitrogens with zero attached hydrogens (tertiary/aromatic N) is 1. The number of nitro groups is 1. The van der Waals surface area contributed by atoms with Crippen LogP contribution in [0.1, 0.15) is 18.4 Å². The molecule has 0 radical (unpaired) electrons. The Morgan fingerprint density at radius 2 is 1.95 bits per heavy atom. The van der Waals surface area contributed by atoms with E-state index in [4.69, 9.17) is 0 Å². The molecule has 1 aromatic rings. The van der Waals surface area contributed by atoms with Crippen LogP contribution in [-0.2, 0) is 9.84 Å². The third kappa shape index (κ3) is 3.44. The Balaban J connectivity index is 2.15. The monoisotopic (exact) mass is 284 g/mol. The molecule has 7 heteroatoms. The van der Waals surface area contributed by atoms with Gasteiger partial charge in [-0.1, -0.05) is 6.07 Å². The van der Waals surface area contributed by atoms with Gasteiger partial charge >= 0.3 is 0 Å². The zero-order valence-electron chi connectivity index (χ0n) is 10.6. The average molecular weight is 284 g/mol. The van der Waals surface area contributed by atoms with Gasteiger partial charge in [0, 0.05) is 12.1 Å². The number of aryl methyl sites for hydroxylation is 1. The van der Waals surface area contributed by atoms with Crippen molar-refractivity contribution in [2.24, 2.45) is 0 Å². The van der Waals surface area contributed by atoms with Crippen LogP contribution in [0.4, 0.5) is 11.4 Å². The standard InChI is InChI=1S/C12H16N2O4S/c1-9-2-3-12(14(15)16)11(8-9)13-10-4-6-19(17,18)7-5-10/h2-3,8,10,13H,4-7H2,1H3. The van der Waals surface area contributed by atoms with Crippen molar-refractivity contribution in [1.82, 2.24) is 0 Å². The van der Waals surface area contributed by atoms with Crippen molar-refractivity contribution < 1.29 is 13.3 Å². The molecule has 1 saturated heterocycles. The highest BCUT2D eigenvalue weighted by Gasteiger charge is 2.25. The highest BCUT2D eigenvalue weighted by Crippen LogP contribution is 2.27. The van der Waals surface area contributed by atoms with Crippen LogP contribution < -0.4 is 5.32 Å². The Bertz CT molecular complexity index is 584. The van der Waals surface area contributed by atoms with Gasteiger partial charge in [0.2, 0.25) is 0 Å². The maximum atomic E-state index is 11.3. The molecule has 1 N–H and O–H groups in total. The summed E-state index contributed by atoms with van der Waals surface area (Å²) in [6.07, 6.45) is 0.987. The van der Waals surface area contributed by atoms with Gasteiger partial charge in [0.25, 0.3) is 5.69 Å². The van der Waals surface area contributed by atoms with Gasteiger partial charge in [0.1, 0.15) is 15.5 Å². The van der Waals surface area contributed by atoms with Crippen LogP contribution in [0.25, 0.3) is 0 Å². The van der Waals surface area contributed by atoms with Gasteiger partial charge in [0.15, 0.2) is 0 Å². The fourth-order valence-electron chi connectivity index (χ4n) is 2.18. The van der Waals surface area contributed by atoms with Crippen LogP contribution in [0.2, 0.25) is 0 Å². The van der Waals surface area contributed by atoms with E-state index in [1.807, 2.05) is 6.92 Å². The molecule has 0 unspecified atom stereocenters. The Labute approximate surface area is 111 Å². The number of anilines is 1. The van der Waals surface area contributed by atoms with Crippen LogP contribution in [0.5, 0.6) is 0 Å². The molecular weight excluding hydrogens is 268 g/mol. The summed E-state index contributed by atoms with van der Waals surface area (Å²) < 4.78 is 22.7. The Morgan fingerprint density at radius 3 is 2.53 bits per heavy atom. The molecule has 0 bridgehead atoms. The summed E-state index contributed by atoms with van der Waals surface area (Å²) in [6, 6.07) is 4.86. The third-order valence-corrected chi connectivity index (χ3v) is 4.98. The smallest absolute Gasteiger partial charge is 0.292 e. The van der Waals surface area contributed by atoms with E-state index in [0.717, 1.165) is 5.56 Å². The summed E-state index contributed by atoms with van der Waals surface area (Å²) in [5.41, 5.74) is 1.42. The lowest BCUT2D eigenvalue weighted by Crippen LogP contribution is -2.32. The third-order valence-electron chi connectivity index (χ3n) is 3.26. The lowest BCUT2D eigenvalue weighted by molar-refractivity contribution is -0.384. The molecule has 0 aromatic heterocycles. The summed E-state index contributed by atoms with van der Waals surface area (Å²) >= 11 is 0. The Hall–Kier alpha value is -1.63. The van der Waals surface area contributed by atoms with Gasteiger partial charge < -0.3 is 5.32 Å². The van der Waals surface area contributed by atoms with Crippen LogP contribution in [-0.4, -0.2) is 30.9 Å². The molecule has 19 heavy (non-hydrogen) atoms. The van der Waals surface area contributed by atoms with Crippen molar-refractivity contribution in [2.75, 3.05) is 16.8 Å². The van der Waals surface area contributed by atoms with Gasteiger partial charge in [-0.15, -0.1) is 0 Å². The number of nitro benzene ring substituents is 1. The highest BCUT2D eigenvalue weighted by atomic mass is 32.2. The van der Waals surface area contributed by atoms with E-state index in [1.54, 1.807) is 12.1 Å². The van der Waals surface area contributed by atoms with E-state index in [2.05, 4.69) is 5.32 Å². The topological polar surface area (TPSA) is 89.3 Å². The SMILES string of the molecule is Cc1ccc([N+](=O)[O-])c(NC2CCS(=O)(=O)CC2)c1. The lowest BCUT2D eigenvalue weighted by atomic mass is 10.1. The molecule has 1 heterocycles. The minimum absolute atomic E-state index is 0.0241. The maximum Gasteiger partial charge on any atom is 0.292 e. The normalized spacial score (nSPS) is 19.0. The van der Waals surface area contributed by atoms with Crippen molar-refractivity contribution in [3.63, 3.8) is 0 Å². The Kier molecular flexibility index (Phi) is 3.75. The molecule has 1 aromatic carbocycles. The zero-order valence-corrected chi connectivity index (χ0v) is 11.4. The molecule has 0 amide bonds. The van der Waals surface area contributed by atoms with Crippen molar-refractivity contribution in [2.45, 2.75) is 25.8 Å². The van der Waals surface area contributed by atoms with Crippen LogP contribution in [0, 0.1) is 17.0 Å². The van der Waals surface area contributed by atoms with E-state index in [-0.39, 0.29) is 23.2 Å². The highest BCUT2D eigenvalue weighted by molar-refractivity contribution is 7.91. The molecule has 1 aliphatic rings. The first-order chi connectivity index (χ1) is 8.87. The van der Waals surface area contributed by atoms with Crippen molar-refractivity contribution in [3.05, 3.63) is 33.9 Å². The molecule has 0 atom stereocenters. The molecule has 2 rings (SSSR count). The fraction of sp³-hybridized carbons (Fsp3) is 0.500. The number of rotatable bonds is 3. The molecule has 0 saturated carbocycles. The number of sulfone groups is 1. The number of hydrogen-bond donors (Lipinski definition) is 1. The first-order valence-electron chi connectivity index (χ1n) is 6.09. The number of hydrogen-bond acceptors (Lipinski definition) is 5. The summed E-state index contributed by atoms with van der Waals surface area (Å²) in [7, 11) is -2.92. The average Bonchev–Trinajstić information content (AvgIpc) is 2.31. The minimum atomic E-state index is -2.92. The quantitative estimate of drug-likeness (QED) is 0.676. The molecule has 104 valence electrons. The van der Waals surface area contributed by atoms with Gasteiger partial charge in [-0.05, 0) is 31.4 Å². The zero-order chi connectivity index (χ0) is 14.0. The predicted octanol–water partition coefficient (Wildman–Crippen LogP) is 1.89. The predicted molar refractivity (Wildman–Crippen MR) is 73.1 cm³/mol. The minimum Gasteiger partial charge on any atom is -0.377 e. The first kappa shape index (κ1) is 13.8. The van der Waals surface area contributed by atoms with Gasteiger partial charge in [-0.3, -0.25) is 10.1 Å². The summed E-state index contributed by atoms with van der Waals surface area (Å²) in [6.45, 7) is 1.86. The van der Waals surface area contributed by atoms with E-state index in [9.17, 15) is 18.5 Å². The van der Waals surface area contributed by atoms with E-state index in [1.165, 1.54) is 6.07 Å². The first-order valence-corrected chi connectivity index (χ1v) is 7.91. The van der Waals surface area contributed by atoms with E-state index < -0.39 is 14.8 Å². The van der Waals surface area contributed by atoms with Gasteiger partial charge in [-0.2, -0.15) is 0 Å². The summed E-state index contributed by atoms with van der Waals surface area (Å²) in [5.74, 6) is 0.286.